The number of carboxylic acid groups (broad SMARTS) is 1. The average molecular weight is 336 g/mol. The predicted molar refractivity (Wildman–Crippen MR) is 89.6 cm³/mol. The summed E-state index contributed by atoms with van der Waals surface area (Å²) >= 11 is 1.25. The first kappa shape index (κ1) is 17.3. The lowest BCUT2D eigenvalue weighted by Crippen LogP contribution is -2.26. The molecule has 1 fully saturated rings. The molecule has 0 aliphatic heterocycles. The van der Waals surface area contributed by atoms with Crippen LogP contribution < -0.4 is 10.6 Å². The number of rotatable bonds is 8. The second-order valence-electron chi connectivity index (χ2n) is 5.59. The average Bonchev–Trinajstić information content (AvgIpc) is 3.24. The van der Waals surface area contributed by atoms with Crippen LogP contribution in [0.4, 0.5) is 5.69 Å². The molecule has 1 aromatic carbocycles. The van der Waals surface area contributed by atoms with Gasteiger partial charge in [-0.25, -0.2) is 0 Å². The molecule has 2 rings (SSSR count). The van der Waals surface area contributed by atoms with Crippen molar-refractivity contribution in [2.45, 2.75) is 13.3 Å². The van der Waals surface area contributed by atoms with Gasteiger partial charge in [0.05, 0.1) is 5.75 Å². The molecule has 3 N–H and O–H groups in total. The number of aliphatic carboxylic acids is 1. The topological polar surface area (TPSA) is 95.5 Å². The lowest BCUT2D eigenvalue weighted by Gasteiger charge is -2.07. The Hall–Kier alpha value is -2.02. The first-order valence-corrected chi connectivity index (χ1v) is 8.61. The van der Waals surface area contributed by atoms with E-state index < -0.39 is 5.97 Å². The van der Waals surface area contributed by atoms with E-state index in [-0.39, 0.29) is 23.5 Å². The van der Waals surface area contributed by atoms with Gasteiger partial charge in [0.1, 0.15) is 0 Å². The second-order valence-corrected chi connectivity index (χ2v) is 6.69. The number of nitrogens with one attached hydrogen (secondary N) is 2. The van der Waals surface area contributed by atoms with Gasteiger partial charge in [0.25, 0.3) is 5.91 Å². The largest absolute Gasteiger partial charge is 0.481 e. The van der Waals surface area contributed by atoms with E-state index in [9.17, 15) is 14.4 Å². The molecule has 6 nitrogen and oxygen atoms in total. The smallest absolute Gasteiger partial charge is 0.313 e. The number of thioether (sulfide) groups is 1. The van der Waals surface area contributed by atoms with Crippen molar-refractivity contribution >= 4 is 35.2 Å². The van der Waals surface area contributed by atoms with Crippen molar-refractivity contribution in [1.82, 2.24) is 5.32 Å². The minimum Gasteiger partial charge on any atom is -0.481 e. The van der Waals surface area contributed by atoms with Crippen LogP contribution in [0.25, 0.3) is 0 Å². The van der Waals surface area contributed by atoms with Gasteiger partial charge in [0.2, 0.25) is 5.91 Å². The van der Waals surface area contributed by atoms with E-state index in [1.165, 1.54) is 11.8 Å². The Balaban J connectivity index is 1.74. The zero-order valence-corrected chi connectivity index (χ0v) is 13.7. The summed E-state index contributed by atoms with van der Waals surface area (Å²) in [7, 11) is 0. The van der Waals surface area contributed by atoms with Crippen LogP contribution in [-0.4, -0.2) is 40.9 Å². The maximum absolute atomic E-state index is 11.9. The Kier molecular flexibility index (Phi) is 6.04. The molecule has 2 amide bonds. The Morgan fingerprint density at radius 3 is 2.48 bits per heavy atom. The van der Waals surface area contributed by atoms with Crippen LogP contribution in [0, 0.1) is 11.8 Å². The normalized spacial score (nSPS) is 19.0. The summed E-state index contributed by atoms with van der Waals surface area (Å²) in [5, 5.41) is 14.1. The van der Waals surface area contributed by atoms with E-state index in [0.29, 0.717) is 29.5 Å². The number of anilines is 1. The number of benzene rings is 1. The van der Waals surface area contributed by atoms with Gasteiger partial charge in [-0.1, -0.05) is 6.92 Å². The molecule has 0 spiro atoms. The highest BCUT2D eigenvalue weighted by molar-refractivity contribution is 7.99. The summed E-state index contributed by atoms with van der Waals surface area (Å²) in [6.07, 6.45) is 0.937. The van der Waals surface area contributed by atoms with E-state index in [1.807, 2.05) is 6.92 Å². The minimum atomic E-state index is -0.862. The third kappa shape index (κ3) is 5.59. The molecule has 23 heavy (non-hydrogen) atoms. The lowest BCUT2D eigenvalue weighted by atomic mass is 10.2. The van der Waals surface area contributed by atoms with Gasteiger partial charge in [-0.2, -0.15) is 0 Å². The highest BCUT2D eigenvalue weighted by Gasteiger charge is 2.38. The summed E-state index contributed by atoms with van der Waals surface area (Å²) < 4.78 is 0. The highest BCUT2D eigenvalue weighted by atomic mass is 32.2. The fourth-order valence-electron chi connectivity index (χ4n) is 2.13. The first-order valence-electron chi connectivity index (χ1n) is 7.46. The van der Waals surface area contributed by atoms with E-state index in [0.717, 1.165) is 6.42 Å². The number of carbonyl (C=O) groups excluding carboxylic acids is 2. The summed E-state index contributed by atoms with van der Waals surface area (Å²) in [5.41, 5.74) is 1.19. The van der Waals surface area contributed by atoms with Crippen molar-refractivity contribution in [2.75, 3.05) is 23.4 Å². The second kappa shape index (κ2) is 8.01. The zero-order chi connectivity index (χ0) is 16.8. The van der Waals surface area contributed by atoms with Crippen molar-refractivity contribution < 1.29 is 19.5 Å². The van der Waals surface area contributed by atoms with Crippen molar-refractivity contribution in [2.24, 2.45) is 11.8 Å². The van der Waals surface area contributed by atoms with Gasteiger partial charge in [-0.15, -0.1) is 11.8 Å². The van der Waals surface area contributed by atoms with Gasteiger partial charge < -0.3 is 15.7 Å². The molecule has 1 aliphatic rings. The molecule has 2 atom stereocenters. The van der Waals surface area contributed by atoms with Crippen LogP contribution in [0.15, 0.2) is 24.3 Å². The molecule has 124 valence electrons. The third-order valence-electron chi connectivity index (χ3n) is 3.62. The molecule has 0 saturated heterocycles. The van der Waals surface area contributed by atoms with Crippen LogP contribution in [-0.2, 0) is 9.59 Å². The number of carboxylic acids is 1. The summed E-state index contributed by atoms with van der Waals surface area (Å²) in [6.45, 7) is 2.46. The van der Waals surface area contributed by atoms with Gasteiger partial charge in [0.15, 0.2) is 0 Å². The number of hydrogen-bond donors (Lipinski definition) is 3. The van der Waals surface area contributed by atoms with Crippen LogP contribution >= 0.6 is 11.8 Å². The molecule has 7 heteroatoms. The highest BCUT2D eigenvalue weighted by Crippen LogP contribution is 2.38. The first-order chi connectivity index (χ1) is 11.0. The molecule has 2 unspecified atom stereocenters. The number of amides is 2. The molecular formula is C16H20N2O4S. The molecule has 1 saturated carbocycles. The van der Waals surface area contributed by atoms with E-state index in [2.05, 4.69) is 10.6 Å². The standard InChI is InChI=1S/C16H20N2O4S/c1-10-8-13(10)16(22)18-12-4-2-11(3-5-12)15(21)17-6-7-23-9-14(19)20/h2-5,10,13H,6-9H2,1H3,(H,17,21)(H,18,22)(H,19,20). The van der Waals surface area contributed by atoms with Crippen molar-refractivity contribution in [3.63, 3.8) is 0 Å². The zero-order valence-electron chi connectivity index (χ0n) is 12.9. The molecular weight excluding hydrogens is 316 g/mol. The minimum absolute atomic E-state index is 0.0316. The number of carbonyl (C=O) groups is 3. The SMILES string of the molecule is CC1CC1C(=O)Nc1ccc(C(=O)NCCSCC(=O)O)cc1. The lowest BCUT2D eigenvalue weighted by molar-refractivity contribution is -0.133. The maximum atomic E-state index is 11.9. The summed E-state index contributed by atoms with van der Waals surface area (Å²) in [6, 6.07) is 6.73. The Labute approximate surface area is 139 Å². The van der Waals surface area contributed by atoms with Crippen LogP contribution in [0.1, 0.15) is 23.7 Å². The van der Waals surface area contributed by atoms with E-state index in [4.69, 9.17) is 5.11 Å². The molecule has 0 heterocycles. The van der Waals surface area contributed by atoms with Gasteiger partial charge in [0, 0.05) is 29.5 Å². The molecule has 1 aromatic rings. The molecule has 1 aliphatic carbocycles. The van der Waals surface area contributed by atoms with Gasteiger partial charge in [-0.05, 0) is 36.6 Å². The number of hydrogen-bond acceptors (Lipinski definition) is 4. The monoisotopic (exact) mass is 336 g/mol. The van der Waals surface area contributed by atoms with Crippen LogP contribution in [0.3, 0.4) is 0 Å². The van der Waals surface area contributed by atoms with E-state index in [1.54, 1.807) is 24.3 Å². The van der Waals surface area contributed by atoms with Crippen LogP contribution in [0.2, 0.25) is 0 Å². The van der Waals surface area contributed by atoms with E-state index >= 15 is 0 Å². The maximum Gasteiger partial charge on any atom is 0.313 e. The summed E-state index contributed by atoms with van der Waals surface area (Å²) in [4.78, 5) is 34.1. The van der Waals surface area contributed by atoms with Crippen molar-refractivity contribution in [1.29, 1.82) is 0 Å². The van der Waals surface area contributed by atoms with Gasteiger partial charge in [-0.3, -0.25) is 14.4 Å². The Bertz CT molecular complexity index is 588. The van der Waals surface area contributed by atoms with Crippen molar-refractivity contribution in [3.05, 3.63) is 29.8 Å². The Morgan fingerprint density at radius 2 is 1.91 bits per heavy atom. The third-order valence-corrected chi connectivity index (χ3v) is 4.56. The molecule has 0 radical (unpaired) electrons. The fourth-order valence-corrected chi connectivity index (χ4v) is 2.69. The van der Waals surface area contributed by atoms with Crippen LogP contribution in [0.5, 0.6) is 0 Å². The van der Waals surface area contributed by atoms with Gasteiger partial charge >= 0.3 is 5.97 Å². The molecule has 0 aromatic heterocycles. The van der Waals surface area contributed by atoms with Crippen molar-refractivity contribution in [3.8, 4) is 0 Å². The quantitative estimate of drug-likeness (QED) is 0.630. The Morgan fingerprint density at radius 1 is 1.26 bits per heavy atom. The predicted octanol–water partition coefficient (Wildman–Crippen LogP) is 1.83. The fraction of sp³-hybridized carbons (Fsp3) is 0.438. The summed E-state index contributed by atoms with van der Waals surface area (Å²) in [5.74, 6) is 0.106. The molecule has 0 bridgehead atoms.